The van der Waals surface area contributed by atoms with E-state index < -0.39 is 27.9 Å². The van der Waals surface area contributed by atoms with E-state index in [1.807, 2.05) is 19.1 Å². The maximum absolute atomic E-state index is 13.5. The second-order valence-electron chi connectivity index (χ2n) is 8.04. The van der Waals surface area contributed by atoms with E-state index in [0.717, 1.165) is 24.8 Å². The van der Waals surface area contributed by atoms with Crippen LogP contribution in [0.15, 0.2) is 53.4 Å². The van der Waals surface area contributed by atoms with Gasteiger partial charge in [-0.2, -0.15) is 4.31 Å². The van der Waals surface area contributed by atoms with Gasteiger partial charge >= 0.3 is 5.97 Å². The summed E-state index contributed by atoms with van der Waals surface area (Å²) >= 11 is 0. The summed E-state index contributed by atoms with van der Waals surface area (Å²) < 4.78 is 32.9. The quantitative estimate of drug-likeness (QED) is 0.680. The van der Waals surface area contributed by atoms with Gasteiger partial charge in [0, 0.05) is 30.3 Å². The molecule has 1 saturated heterocycles. The van der Waals surface area contributed by atoms with Gasteiger partial charge in [-0.05, 0) is 49.6 Å². The van der Waals surface area contributed by atoms with Crippen LogP contribution in [-0.2, 0) is 26.0 Å². The molecule has 2 aliphatic rings. The Bertz CT molecular complexity index is 1110. The Labute approximate surface area is 182 Å². The number of benzene rings is 2. The minimum absolute atomic E-state index is 0.0766. The normalized spacial score (nSPS) is 21.5. The number of nitrogens with zero attached hydrogens (tertiary/aromatic N) is 2. The number of para-hydroxylation sites is 1. The van der Waals surface area contributed by atoms with Crippen LogP contribution in [0, 0.1) is 0 Å². The molecule has 1 amide bonds. The third kappa shape index (κ3) is 3.85. The fraction of sp³-hybridized carbons (Fsp3) is 0.391. The molecule has 2 atom stereocenters. The van der Waals surface area contributed by atoms with E-state index in [2.05, 4.69) is 0 Å². The van der Waals surface area contributed by atoms with Crippen molar-refractivity contribution in [2.75, 3.05) is 18.6 Å². The predicted molar refractivity (Wildman–Crippen MR) is 116 cm³/mol. The van der Waals surface area contributed by atoms with Gasteiger partial charge < -0.3 is 4.74 Å². The fourth-order valence-corrected chi connectivity index (χ4v) is 6.20. The Morgan fingerprint density at radius 2 is 1.84 bits per heavy atom. The first-order chi connectivity index (χ1) is 14.8. The first-order valence-corrected chi connectivity index (χ1v) is 11.9. The zero-order chi connectivity index (χ0) is 22.2. The average Bonchev–Trinajstić information content (AvgIpc) is 3.18. The standard InChI is InChI=1S/C23H26N2O5S/c1-16-8-5-6-13-24(16)31(28,29)19-11-7-10-18(14-19)22(26)25-20-12-4-3-9-17(20)15-21(25)23(27)30-2/h3-4,7,9-12,14,16,21H,5-6,8,13,15H2,1-2H3. The molecule has 0 bridgehead atoms. The van der Waals surface area contributed by atoms with Crippen molar-refractivity contribution < 1.29 is 22.7 Å². The van der Waals surface area contributed by atoms with Crippen LogP contribution < -0.4 is 4.90 Å². The lowest BCUT2D eigenvalue weighted by Gasteiger charge is -2.32. The number of carbonyl (C=O) groups is 2. The number of anilines is 1. The Balaban J connectivity index is 1.70. The first-order valence-electron chi connectivity index (χ1n) is 10.5. The largest absolute Gasteiger partial charge is 0.467 e. The van der Waals surface area contributed by atoms with Gasteiger partial charge in [0.05, 0.1) is 12.0 Å². The maximum Gasteiger partial charge on any atom is 0.329 e. The molecule has 4 rings (SSSR count). The number of fused-ring (bicyclic) bond motifs is 1. The highest BCUT2D eigenvalue weighted by Crippen LogP contribution is 2.34. The molecule has 2 heterocycles. The molecule has 0 radical (unpaired) electrons. The van der Waals surface area contributed by atoms with Crippen molar-refractivity contribution in [2.24, 2.45) is 0 Å². The predicted octanol–water partition coefficient (Wildman–Crippen LogP) is 2.99. The van der Waals surface area contributed by atoms with Crippen molar-refractivity contribution >= 4 is 27.6 Å². The lowest BCUT2D eigenvalue weighted by molar-refractivity contribution is -0.141. The highest BCUT2D eigenvalue weighted by molar-refractivity contribution is 7.89. The number of rotatable bonds is 4. The number of amides is 1. The van der Waals surface area contributed by atoms with Crippen molar-refractivity contribution in [3.8, 4) is 0 Å². The summed E-state index contributed by atoms with van der Waals surface area (Å²) in [5.41, 5.74) is 1.73. The van der Waals surface area contributed by atoms with E-state index in [-0.39, 0.29) is 16.5 Å². The van der Waals surface area contributed by atoms with Crippen LogP contribution in [0.1, 0.15) is 42.1 Å². The van der Waals surface area contributed by atoms with Gasteiger partial charge in [0.1, 0.15) is 6.04 Å². The van der Waals surface area contributed by atoms with E-state index in [9.17, 15) is 18.0 Å². The molecule has 31 heavy (non-hydrogen) atoms. The summed E-state index contributed by atoms with van der Waals surface area (Å²) in [6.45, 7) is 2.39. The minimum Gasteiger partial charge on any atom is -0.467 e. The van der Waals surface area contributed by atoms with Crippen molar-refractivity contribution in [1.29, 1.82) is 0 Å². The van der Waals surface area contributed by atoms with Crippen molar-refractivity contribution in [3.63, 3.8) is 0 Å². The van der Waals surface area contributed by atoms with Crippen molar-refractivity contribution in [2.45, 2.75) is 49.6 Å². The molecule has 8 heteroatoms. The van der Waals surface area contributed by atoms with E-state index in [1.165, 1.54) is 28.4 Å². The van der Waals surface area contributed by atoms with Gasteiger partial charge in [0.15, 0.2) is 0 Å². The van der Waals surface area contributed by atoms with E-state index in [0.29, 0.717) is 18.7 Å². The Hall–Kier alpha value is -2.71. The van der Waals surface area contributed by atoms with E-state index in [4.69, 9.17) is 4.74 Å². The van der Waals surface area contributed by atoms with Gasteiger partial charge in [-0.1, -0.05) is 30.7 Å². The van der Waals surface area contributed by atoms with Gasteiger partial charge in [0.2, 0.25) is 10.0 Å². The van der Waals surface area contributed by atoms with Crippen LogP contribution >= 0.6 is 0 Å². The van der Waals surface area contributed by atoms with Crippen LogP contribution in [-0.4, -0.2) is 50.3 Å². The molecule has 2 aromatic rings. The second kappa shape index (κ2) is 8.43. The van der Waals surface area contributed by atoms with Crippen molar-refractivity contribution in [3.05, 3.63) is 59.7 Å². The van der Waals surface area contributed by atoms with Crippen molar-refractivity contribution in [1.82, 2.24) is 4.31 Å². The average molecular weight is 443 g/mol. The first kappa shape index (κ1) is 21.5. The summed E-state index contributed by atoms with van der Waals surface area (Å²) in [5.74, 6) is -0.931. The molecule has 2 aromatic carbocycles. The molecule has 0 aliphatic carbocycles. The van der Waals surface area contributed by atoms with Gasteiger partial charge in [-0.25, -0.2) is 13.2 Å². The lowest BCUT2D eigenvalue weighted by atomic mass is 10.1. The SMILES string of the molecule is COC(=O)C1Cc2ccccc2N1C(=O)c1cccc(S(=O)(=O)N2CCCCC2C)c1. The molecule has 0 N–H and O–H groups in total. The van der Waals surface area contributed by atoms with Gasteiger partial charge in [-0.15, -0.1) is 0 Å². The number of carbonyl (C=O) groups excluding carboxylic acids is 2. The molecule has 7 nitrogen and oxygen atoms in total. The third-order valence-electron chi connectivity index (χ3n) is 6.10. The van der Waals surface area contributed by atoms with Gasteiger partial charge in [0.25, 0.3) is 5.91 Å². The van der Waals surface area contributed by atoms with Crippen LogP contribution in [0.25, 0.3) is 0 Å². The molecule has 1 fully saturated rings. The zero-order valence-corrected chi connectivity index (χ0v) is 18.5. The Morgan fingerprint density at radius 1 is 1.06 bits per heavy atom. The molecule has 2 aliphatic heterocycles. The summed E-state index contributed by atoms with van der Waals surface area (Å²) in [6.07, 6.45) is 3.02. The highest BCUT2D eigenvalue weighted by Gasteiger charge is 2.40. The molecule has 0 aromatic heterocycles. The van der Waals surface area contributed by atoms with Crippen LogP contribution in [0.5, 0.6) is 0 Å². The van der Waals surface area contributed by atoms with E-state index >= 15 is 0 Å². The second-order valence-corrected chi connectivity index (χ2v) is 9.93. The van der Waals surface area contributed by atoms with Gasteiger partial charge in [-0.3, -0.25) is 9.69 Å². The Kier molecular flexibility index (Phi) is 5.85. The van der Waals surface area contributed by atoms with Crippen LogP contribution in [0.3, 0.4) is 0 Å². The number of piperidine rings is 1. The maximum atomic E-state index is 13.5. The smallest absolute Gasteiger partial charge is 0.329 e. The topological polar surface area (TPSA) is 84.0 Å². The zero-order valence-electron chi connectivity index (χ0n) is 17.7. The monoisotopic (exact) mass is 442 g/mol. The number of hydrogen-bond acceptors (Lipinski definition) is 5. The summed E-state index contributed by atoms with van der Waals surface area (Å²) in [5, 5.41) is 0. The number of methoxy groups -OCH3 is 1. The van der Waals surface area contributed by atoms with Crippen LogP contribution in [0.4, 0.5) is 5.69 Å². The lowest BCUT2D eigenvalue weighted by Crippen LogP contribution is -2.44. The number of ether oxygens (including phenoxy) is 1. The summed E-state index contributed by atoms with van der Waals surface area (Å²) in [6, 6.07) is 12.5. The van der Waals surface area contributed by atoms with E-state index in [1.54, 1.807) is 24.3 Å². The molecular formula is C23H26N2O5S. The number of sulfonamides is 1. The number of hydrogen-bond donors (Lipinski definition) is 0. The third-order valence-corrected chi connectivity index (χ3v) is 8.11. The highest BCUT2D eigenvalue weighted by atomic mass is 32.2. The molecule has 0 saturated carbocycles. The molecule has 164 valence electrons. The molecule has 0 spiro atoms. The number of esters is 1. The molecule has 2 unspecified atom stereocenters. The van der Waals surface area contributed by atoms with Crippen LogP contribution in [0.2, 0.25) is 0 Å². The minimum atomic E-state index is -3.71. The molecular weight excluding hydrogens is 416 g/mol. The fourth-order valence-electron chi connectivity index (χ4n) is 4.45. The Morgan fingerprint density at radius 3 is 2.58 bits per heavy atom. The summed E-state index contributed by atoms with van der Waals surface area (Å²) in [7, 11) is -2.42. The summed E-state index contributed by atoms with van der Waals surface area (Å²) in [4.78, 5) is 27.4.